The molecule has 0 fully saturated rings. The fraction of sp³-hybridized carbons (Fsp3) is 0.263. The van der Waals surface area contributed by atoms with Crippen LogP contribution in [-0.4, -0.2) is 29.8 Å². The number of carbonyl (C=O) groups is 2. The molecule has 1 unspecified atom stereocenters. The van der Waals surface area contributed by atoms with E-state index in [1.807, 2.05) is 55.5 Å². The number of methoxy groups -OCH3 is 1. The van der Waals surface area contributed by atoms with Crippen molar-refractivity contribution in [1.82, 2.24) is 0 Å². The highest BCUT2D eigenvalue weighted by molar-refractivity contribution is 7.99. The van der Waals surface area contributed by atoms with Crippen LogP contribution < -0.4 is 10.1 Å². The second kappa shape index (κ2) is 9.13. The molecule has 0 aliphatic heterocycles. The Morgan fingerprint density at radius 3 is 2.68 bits per heavy atom. The minimum atomic E-state index is -0.832. The van der Waals surface area contributed by atoms with E-state index in [0.717, 1.165) is 16.9 Å². The first-order valence-electron chi connectivity index (χ1n) is 7.83. The lowest BCUT2D eigenvalue weighted by molar-refractivity contribution is -0.133. The monoisotopic (exact) mass is 359 g/mol. The predicted molar refractivity (Wildman–Crippen MR) is 100 cm³/mol. The number of ether oxygens (including phenoxy) is 1. The summed E-state index contributed by atoms with van der Waals surface area (Å²) in [7, 11) is 1.59. The van der Waals surface area contributed by atoms with Crippen LogP contribution in [0.15, 0.2) is 48.5 Å². The quantitative estimate of drug-likeness (QED) is 0.751. The van der Waals surface area contributed by atoms with Gasteiger partial charge in [-0.15, -0.1) is 11.8 Å². The maximum absolute atomic E-state index is 12.5. The fourth-order valence-electron chi connectivity index (χ4n) is 2.31. The second-order valence-corrected chi connectivity index (χ2v) is 6.56. The van der Waals surface area contributed by atoms with Crippen molar-refractivity contribution in [2.75, 3.05) is 18.2 Å². The van der Waals surface area contributed by atoms with Crippen LogP contribution in [0.2, 0.25) is 0 Å². The molecule has 0 bridgehead atoms. The molecule has 0 heterocycles. The second-order valence-electron chi connectivity index (χ2n) is 5.57. The smallest absolute Gasteiger partial charge is 0.313 e. The third-order valence-corrected chi connectivity index (χ3v) is 4.66. The molecule has 2 aromatic carbocycles. The molecule has 0 aliphatic carbocycles. The van der Waals surface area contributed by atoms with Crippen LogP contribution in [0.5, 0.6) is 5.75 Å². The largest absolute Gasteiger partial charge is 0.497 e. The summed E-state index contributed by atoms with van der Waals surface area (Å²) in [5.74, 6) is 0.102. The third-order valence-electron chi connectivity index (χ3n) is 3.68. The molecule has 2 aromatic rings. The van der Waals surface area contributed by atoms with E-state index in [2.05, 4.69) is 5.32 Å². The lowest BCUT2D eigenvalue weighted by Crippen LogP contribution is -2.19. The van der Waals surface area contributed by atoms with Crippen LogP contribution in [0.4, 0.5) is 5.69 Å². The predicted octanol–water partition coefficient (Wildman–Crippen LogP) is 3.76. The molecule has 1 amide bonds. The minimum Gasteiger partial charge on any atom is -0.497 e. The number of carboxylic acids is 1. The summed E-state index contributed by atoms with van der Waals surface area (Å²) in [6.07, 6.45) is 0. The SMILES string of the molecule is COc1cccc(C(C)C(=O)Nc2cccc(CSCC(=O)O)c2)c1. The molecule has 0 aliphatic rings. The van der Waals surface area contributed by atoms with Crippen LogP contribution in [0, 0.1) is 0 Å². The Morgan fingerprint density at radius 1 is 1.20 bits per heavy atom. The summed E-state index contributed by atoms with van der Waals surface area (Å²) >= 11 is 1.32. The van der Waals surface area contributed by atoms with Gasteiger partial charge in [-0.05, 0) is 42.3 Å². The van der Waals surface area contributed by atoms with Gasteiger partial charge in [0.05, 0.1) is 18.8 Å². The molecular formula is C19H21NO4S. The van der Waals surface area contributed by atoms with E-state index < -0.39 is 5.97 Å². The molecule has 132 valence electrons. The first-order valence-corrected chi connectivity index (χ1v) is 8.98. The molecule has 0 saturated heterocycles. The van der Waals surface area contributed by atoms with E-state index in [1.54, 1.807) is 7.11 Å². The first-order chi connectivity index (χ1) is 12.0. The number of rotatable bonds is 8. The minimum absolute atomic E-state index is 0.0590. The standard InChI is InChI=1S/C19H21NO4S/c1-13(15-6-4-8-17(10-15)24-2)19(23)20-16-7-3-5-14(9-16)11-25-12-18(21)22/h3-10,13H,11-12H2,1-2H3,(H,20,23)(H,21,22). The van der Waals surface area contributed by atoms with Gasteiger partial charge >= 0.3 is 5.97 Å². The molecule has 1 atom stereocenters. The van der Waals surface area contributed by atoms with Gasteiger partial charge in [-0.1, -0.05) is 24.3 Å². The van der Waals surface area contributed by atoms with Gasteiger partial charge < -0.3 is 15.2 Å². The summed E-state index contributed by atoms with van der Waals surface area (Å²) in [6.45, 7) is 1.84. The number of aliphatic carboxylic acids is 1. The lowest BCUT2D eigenvalue weighted by Gasteiger charge is -2.14. The van der Waals surface area contributed by atoms with Crippen molar-refractivity contribution in [3.63, 3.8) is 0 Å². The number of amides is 1. The van der Waals surface area contributed by atoms with Crippen LogP contribution in [0.3, 0.4) is 0 Å². The van der Waals surface area contributed by atoms with Crippen LogP contribution >= 0.6 is 11.8 Å². The average molecular weight is 359 g/mol. The van der Waals surface area contributed by atoms with Crippen LogP contribution in [0.25, 0.3) is 0 Å². The van der Waals surface area contributed by atoms with Gasteiger partial charge in [-0.25, -0.2) is 0 Å². The van der Waals surface area contributed by atoms with E-state index >= 15 is 0 Å². The first kappa shape index (κ1) is 18.9. The van der Waals surface area contributed by atoms with E-state index in [-0.39, 0.29) is 17.6 Å². The van der Waals surface area contributed by atoms with Crippen molar-refractivity contribution in [2.45, 2.75) is 18.6 Å². The van der Waals surface area contributed by atoms with E-state index in [4.69, 9.17) is 9.84 Å². The Kier molecular flexibility index (Phi) is 6.89. The van der Waals surface area contributed by atoms with Gasteiger partial charge in [0.15, 0.2) is 0 Å². The topological polar surface area (TPSA) is 75.6 Å². The molecule has 0 spiro atoms. The molecule has 2 N–H and O–H groups in total. The molecule has 0 aromatic heterocycles. The zero-order valence-electron chi connectivity index (χ0n) is 14.2. The zero-order valence-corrected chi connectivity index (χ0v) is 15.0. The highest BCUT2D eigenvalue weighted by Crippen LogP contribution is 2.23. The van der Waals surface area contributed by atoms with Gasteiger partial charge in [-0.3, -0.25) is 9.59 Å². The van der Waals surface area contributed by atoms with Crippen molar-refractivity contribution in [3.8, 4) is 5.75 Å². The Labute approximate surface area is 151 Å². The summed E-state index contributed by atoms with van der Waals surface area (Å²) in [4.78, 5) is 23.1. The van der Waals surface area contributed by atoms with Crippen LogP contribution in [0.1, 0.15) is 24.0 Å². The maximum atomic E-state index is 12.5. The van der Waals surface area contributed by atoms with Crippen molar-refractivity contribution < 1.29 is 19.4 Å². The summed E-state index contributed by atoms with van der Waals surface area (Å²) in [5, 5.41) is 11.6. The molecule has 6 heteroatoms. The summed E-state index contributed by atoms with van der Waals surface area (Å²) in [5.41, 5.74) is 2.55. The number of carboxylic acid groups (broad SMARTS) is 1. The van der Waals surface area contributed by atoms with E-state index in [1.165, 1.54) is 11.8 Å². The van der Waals surface area contributed by atoms with Crippen molar-refractivity contribution >= 4 is 29.3 Å². The van der Waals surface area contributed by atoms with E-state index in [0.29, 0.717) is 11.4 Å². The Hall–Kier alpha value is -2.47. The number of hydrogen-bond donors (Lipinski definition) is 2. The Bertz CT molecular complexity index is 748. The van der Waals surface area contributed by atoms with Gasteiger partial charge in [0.2, 0.25) is 5.91 Å². The molecular weight excluding hydrogens is 338 g/mol. The average Bonchev–Trinajstić information content (AvgIpc) is 2.61. The number of carbonyl (C=O) groups excluding carboxylic acids is 1. The molecule has 0 saturated carbocycles. The Balaban J connectivity index is 2.00. The number of anilines is 1. The van der Waals surface area contributed by atoms with Crippen LogP contribution in [-0.2, 0) is 15.3 Å². The number of thioether (sulfide) groups is 1. The van der Waals surface area contributed by atoms with Gasteiger partial charge in [-0.2, -0.15) is 0 Å². The van der Waals surface area contributed by atoms with E-state index in [9.17, 15) is 9.59 Å². The third kappa shape index (κ3) is 5.83. The molecule has 2 rings (SSSR count). The highest BCUT2D eigenvalue weighted by atomic mass is 32.2. The number of benzene rings is 2. The number of hydrogen-bond acceptors (Lipinski definition) is 4. The van der Waals surface area contributed by atoms with Gasteiger partial charge in [0, 0.05) is 11.4 Å². The van der Waals surface area contributed by atoms with Gasteiger partial charge in [0.1, 0.15) is 5.75 Å². The zero-order chi connectivity index (χ0) is 18.2. The summed E-state index contributed by atoms with van der Waals surface area (Å²) in [6, 6.07) is 14.9. The summed E-state index contributed by atoms with van der Waals surface area (Å²) < 4.78 is 5.20. The normalized spacial score (nSPS) is 11.6. The van der Waals surface area contributed by atoms with Crippen molar-refractivity contribution in [2.24, 2.45) is 0 Å². The van der Waals surface area contributed by atoms with Gasteiger partial charge in [0.25, 0.3) is 0 Å². The fourth-order valence-corrected chi connectivity index (χ4v) is 3.00. The van der Waals surface area contributed by atoms with Crippen molar-refractivity contribution in [3.05, 3.63) is 59.7 Å². The Morgan fingerprint density at radius 2 is 1.96 bits per heavy atom. The molecule has 25 heavy (non-hydrogen) atoms. The maximum Gasteiger partial charge on any atom is 0.313 e. The highest BCUT2D eigenvalue weighted by Gasteiger charge is 2.16. The molecule has 5 nitrogen and oxygen atoms in total. The van der Waals surface area contributed by atoms with Crippen molar-refractivity contribution in [1.29, 1.82) is 0 Å². The molecule has 0 radical (unpaired) electrons. The lowest BCUT2D eigenvalue weighted by atomic mass is 10.00. The number of nitrogens with one attached hydrogen (secondary N) is 1.